The van der Waals surface area contributed by atoms with Gasteiger partial charge < -0.3 is 15.8 Å². The average molecular weight is 322 g/mol. The molecule has 0 unspecified atom stereocenters. The van der Waals surface area contributed by atoms with Crippen LogP contribution in [0.5, 0.6) is 5.75 Å². The molecule has 1 atom stereocenters. The Hall–Kier alpha value is -1.20. The van der Waals surface area contributed by atoms with E-state index in [1.165, 1.54) is 12.8 Å². The molecule has 1 saturated carbocycles. The summed E-state index contributed by atoms with van der Waals surface area (Å²) in [5.41, 5.74) is 8.05. The van der Waals surface area contributed by atoms with Crippen LogP contribution in [0, 0.1) is 12.8 Å². The van der Waals surface area contributed by atoms with Crippen LogP contribution in [0.1, 0.15) is 30.4 Å². The number of benzene rings is 1. The van der Waals surface area contributed by atoms with Crippen molar-refractivity contribution in [2.24, 2.45) is 11.7 Å². The summed E-state index contributed by atoms with van der Waals surface area (Å²) in [6.07, 6.45) is 5.25. The highest BCUT2D eigenvalue weighted by Gasteiger charge is 2.22. The predicted molar refractivity (Wildman–Crippen MR) is 92.2 cm³/mol. The first-order valence-corrected chi connectivity index (χ1v) is 9.24. The van der Waals surface area contributed by atoms with E-state index in [1.807, 2.05) is 31.4 Å². The summed E-state index contributed by atoms with van der Waals surface area (Å²) in [6, 6.07) is 5.66. The van der Waals surface area contributed by atoms with Crippen LogP contribution in [0.15, 0.2) is 18.2 Å². The highest BCUT2D eigenvalue weighted by molar-refractivity contribution is 7.98. The summed E-state index contributed by atoms with van der Waals surface area (Å²) in [4.78, 5) is 12.0. The van der Waals surface area contributed by atoms with E-state index in [0.29, 0.717) is 18.9 Å². The second-order valence-corrected chi connectivity index (χ2v) is 6.96. The number of hydrogen-bond donors (Lipinski definition) is 2. The Balaban J connectivity index is 1.88. The molecule has 22 heavy (non-hydrogen) atoms. The van der Waals surface area contributed by atoms with Crippen molar-refractivity contribution in [2.45, 2.75) is 38.8 Å². The van der Waals surface area contributed by atoms with Crippen molar-refractivity contribution < 1.29 is 9.53 Å². The molecule has 5 heteroatoms. The topological polar surface area (TPSA) is 64.4 Å². The Morgan fingerprint density at radius 3 is 2.95 bits per heavy atom. The Morgan fingerprint density at radius 1 is 1.50 bits per heavy atom. The summed E-state index contributed by atoms with van der Waals surface area (Å²) < 4.78 is 5.91. The molecule has 2 rings (SSSR count). The third kappa shape index (κ3) is 5.54. The lowest BCUT2D eigenvalue weighted by Crippen LogP contribution is -2.40. The largest absolute Gasteiger partial charge is 0.493 e. The minimum Gasteiger partial charge on any atom is -0.493 e. The molecule has 1 aromatic carbocycles. The van der Waals surface area contributed by atoms with Crippen LogP contribution >= 0.6 is 11.8 Å². The van der Waals surface area contributed by atoms with Crippen molar-refractivity contribution in [3.8, 4) is 5.75 Å². The average Bonchev–Trinajstić information content (AvgIpc) is 3.33. The fourth-order valence-electron chi connectivity index (χ4n) is 2.12. The zero-order valence-electron chi connectivity index (χ0n) is 13.4. The summed E-state index contributed by atoms with van der Waals surface area (Å²) >= 11 is 1.70. The normalized spacial score (nSPS) is 15.4. The van der Waals surface area contributed by atoms with Gasteiger partial charge in [0.1, 0.15) is 5.75 Å². The highest BCUT2D eigenvalue weighted by Crippen LogP contribution is 2.30. The van der Waals surface area contributed by atoms with Gasteiger partial charge in [0.15, 0.2) is 0 Å². The summed E-state index contributed by atoms with van der Waals surface area (Å²) in [7, 11) is 0. The van der Waals surface area contributed by atoms with Crippen LogP contribution in [0.4, 0.5) is 0 Å². The lowest BCUT2D eigenvalue weighted by atomic mass is 10.1. The summed E-state index contributed by atoms with van der Waals surface area (Å²) in [6.45, 7) is 3.29. The molecule has 3 N–H and O–H groups in total. The van der Waals surface area contributed by atoms with E-state index in [9.17, 15) is 4.79 Å². The first kappa shape index (κ1) is 17.2. The number of ether oxygens (including phenoxy) is 1. The molecule has 1 aliphatic rings. The molecular weight excluding hydrogens is 296 g/mol. The Kier molecular flexibility index (Phi) is 6.58. The maximum Gasteiger partial charge on any atom is 0.237 e. The fraction of sp³-hybridized carbons (Fsp3) is 0.588. The molecular formula is C17H26N2O2S. The van der Waals surface area contributed by atoms with E-state index in [1.54, 1.807) is 11.8 Å². The Bertz CT molecular complexity index is 503. The summed E-state index contributed by atoms with van der Waals surface area (Å²) in [5, 5.41) is 2.92. The van der Waals surface area contributed by atoms with E-state index in [2.05, 4.69) is 5.32 Å². The zero-order chi connectivity index (χ0) is 15.9. The highest BCUT2D eigenvalue weighted by atomic mass is 32.2. The van der Waals surface area contributed by atoms with E-state index in [4.69, 9.17) is 10.5 Å². The van der Waals surface area contributed by atoms with E-state index in [0.717, 1.165) is 29.2 Å². The number of aryl methyl sites for hydroxylation is 1. The fourth-order valence-corrected chi connectivity index (χ4v) is 2.61. The van der Waals surface area contributed by atoms with Gasteiger partial charge in [-0.1, -0.05) is 12.1 Å². The van der Waals surface area contributed by atoms with Gasteiger partial charge in [-0.25, -0.2) is 0 Å². The standard InChI is InChI=1S/C17H26N2O2S/c1-12-3-6-14(16(9-12)21-11-13-4-5-13)10-19-17(20)15(18)7-8-22-2/h3,6,9,13,15H,4-5,7-8,10-11,18H2,1-2H3,(H,19,20)/t15-/m0/s1. The first-order chi connectivity index (χ1) is 10.6. The maximum atomic E-state index is 12.0. The van der Waals surface area contributed by atoms with Crippen molar-refractivity contribution >= 4 is 17.7 Å². The van der Waals surface area contributed by atoms with Crippen LogP contribution in [-0.4, -0.2) is 30.6 Å². The van der Waals surface area contributed by atoms with Crippen molar-refractivity contribution in [1.29, 1.82) is 0 Å². The summed E-state index contributed by atoms with van der Waals surface area (Å²) in [5.74, 6) is 2.39. The molecule has 0 spiro atoms. The number of nitrogens with one attached hydrogen (secondary N) is 1. The number of nitrogens with two attached hydrogens (primary N) is 1. The molecule has 0 heterocycles. The van der Waals surface area contributed by atoms with Crippen molar-refractivity contribution in [3.05, 3.63) is 29.3 Å². The maximum absolute atomic E-state index is 12.0. The molecule has 1 aromatic rings. The molecule has 0 bridgehead atoms. The second-order valence-electron chi connectivity index (χ2n) is 5.97. The number of amides is 1. The quantitative estimate of drug-likeness (QED) is 0.733. The van der Waals surface area contributed by atoms with Gasteiger partial charge in [0.25, 0.3) is 0 Å². The van der Waals surface area contributed by atoms with E-state index < -0.39 is 6.04 Å². The second kappa shape index (κ2) is 8.44. The third-order valence-electron chi connectivity index (χ3n) is 3.82. The lowest BCUT2D eigenvalue weighted by molar-refractivity contribution is -0.122. The molecule has 0 radical (unpaired) electrons. The first-order valence-electron chi connectivity index (χ1n) is 7.84. The van der Waals surface area contributed by atoms with Gasteiger partial charge in [0.05, 0.1) is 12.6 Å². The Morgan fingerprint density at radius 2 is 2.27 bits per heavy atom. The SMILES string of the molecule is CSCC[C@H](N)C(=O)NCc1ccc(C)cc1OCC1CC1. The van der Waals surface area contributed by atoms with Crippen LogP contribution in [0.3, 0.4) is 0 Å². The minimum atomic E-state index is -0.436. The molecule has 122 valence electrons. The van der Waals surface area contributed by atoms with Crippen molar-refractivity contribution in [3.63, 3.8) is 0 Å². The lowest BCUT2D eigenvalue weighted by Gasteiger charge is -2.15. The van der Waals surface area contributed by atoms with Crippen LogP contribution in [-0.2, 0) is 11.3 Å². The molecule has 0 saturated heterocycles. The van der Waals surface area contributed by atoms with Gasteiger partial charge in [-0.3, -0.25) is 4.79 Å². The van der Waals surface area contributed by atoms with Crippen molar-refractivity contribution in [1.82, 2.24) is 5.32 Å². The number of hydrogen-bond acceptors (Lipinski definition) is 4. The molecule has 1 aliphatic carbocycles. The third-order valence-corrected chi connectivity index (χ3v) is 4.46. The predicted octanol–water partition coefficient (Wildman–Crippen LogP) is 2.48. The molecule has 1 amide bonds. The van der Waals surface area contributed by atoms with Gasteiger partial charge in [-0.2, -0.15) is 11.8 Å². The minimum absolute atomic E-state index is 0.0947. The smallest absolute Gasteiger partial charge is 0.237 e. The number of rotatable bonds is 9. The number of thioether (sulfide) groups is 1. The van der Waals surface area contributed by atoms with Gasteiger partial charge in [0, 0.05) is 12.1 Å². The van der Waals surface area contributed by atoms with E-state index >= 15 is 0 Å². The van der Waals surface area contributed by atoms with Gasteiger partial charge in [0.2, 0.25) is 5.91 Å². The van der Waals surface area contributed by atoms with E-state index in [-0.39, 0.29) is 5.91 Å². The monoisotopic (exact) mass is 322 g/mol. The van der Waals surface area contributed by atoms with Crippen LogP contribution < -0.4 is 15.8 Å². The number of carbonyl (C=O) groups excluding carboxylic acids is 1. The number of carbonyl (C=O) groups is 1. The zero-order valence-corrected chi connectivity index (χ0v) is 14.2. The Labute approximate surface area is 137 Å². The molecule has 0 aromatic heterocycles. The molecule has 4 nitrogen and oxygen atoms in total. The van der Waals surface area contributed by atoms with Crippen molar-refractivity contribution in [2.75, 3.05) is 18.6 Å². The van der Waals surface area contributed by atoms with Gasteiger partial charge in [-0.05, 0) is 55.7 Å². The van der Waals surface area contributed by atoms with Gasteiger partial charge in [-0.15, -0.1) is 0 Å². The van der Waals surface area contributed by atoms with Gasteiger partial charge >= 0.3 is 0 Å². The molecule has 0 aliphatic heterocycles. The van der Waals surface area contributed by atoms with Crippen LogP contribution in [0.2, 0.25) is 0 Å². The van der Waals surface area contributed by atoms with Crippen LogP contribution in [0.25, 0.3) is 0 Å². The molecule has 1 fully saturated rings.